The molecule has 100 valence electrons. The molecule has 17 heavy (non-hydrogen) atoms. The standard InChI is InChI=1S/C12H22O5/c1-4-7-10(13)9(6-3)12(15)17-16-11(14)8-5-2/h9-10,13H,4-8H2,1-3H3. The molecule has 2 atom stereocenters. The van der Waals surface area contributed by atoms with Crippen LogP contribution in [0, 0.1) is 5.92 Å². The van der Waals surface area contributed by atoms with Gasteiger partial charge >= 0.3 is 11.9 Å². The summed E-state index contributed by atoms with van der Waals surface area (Å²) in [7, 11) is 0. The number of rotatable bonds is 7. The second-order valence-electron chi connectivity index (χ2n) is 3.98. The van der Waals surface area contributed by atoms with E-state index in [9.17, 15) is 14.7 Å². The van der Waals surface area contributed by atoms with Crippen LogP contribution in [0.2, 0.25) is 0 Å². The Hall–Kier alpha value is -1.10. The van der Waals surface area contributed by atoms with Gasteiger partial charge in [-0.15, -0.1) is 0 Å². The van der Waals surface area contributed by atoms with E-state index >= 15 is 0 Å². The molecule has 0 aliphatic carbocycles. The number of carbonyl (C=O) groups is 2. The zero-order chi connectivity index (χ0) is 13.3. The molecule has 1 N–H and O–H groups in total. The first-order valence-electron chi connectivity index (χ1n) is 6.15. The first-order valence-corrected chi connectivity index (χ1v) is 6.15. The molecule has 0 amide bonds. The molecule has 0 saturated heterocycles. The number of hydrogen-bond acceptors (Lipinski definition) is 5. The fourth-order valence-electron chi connectivity index (χ4n) is 1.49. The van der Waals surface area contributed by atoms with Crippen molar-refractivity contribution in [3.05, 3.63) is 0 Å². The summed E-state index contributed by atoms with van der Waals surface area (Å²) < 4.78 is 0. The van der Waals surface area contributed by atoms with E-state index < -0.39 is 24.0 Å². The average molecular weight is 246 g/mol. The molecule has 0 bridgehead atoms. The molecule has 0 spiro atoms. The molecule has 0 aliphatic rings. The zero-order valence-electron chi connectivity index (χ0n) is 10.8. The van der Waals surface area contributed by atoms with Crippen molar-refractivity contribution < 1.29 is 24.5 Å². The molecular weight excluding hydrogens is 224 g/mol. The summed E-state index contributed by atoms with van der Waals surface area (Å²) in [4.78, 5) is 31.3. The first-order chi connectivity index (χ1) is 8.06. The maximum Gasteiger partial charge on any atom is 0.361 e. The van der Waals surface area contributed by atoms with Crippen LogP contribution in [0.25, 0.3) is 0 Å². The SMILES string of the molecule is CCCC(=O)OOC(=O)C(CC)C(O)CCC. The largest absolute Gasteiger partial charge is 0.392 e. The van der Waals surface area contributed by atoms with Crippen LogP contribution in [0.5, 0.6) is 0 Å². The third kappa shape index (κ3) is 6.26. The highest BCUT2D eigenvalue weighted by Gasteiger charge is 2.27. The smallest absolute Gasteiger partial charge is 0.361 e. The lowest BCUT2D eigenvalue weighted by Gasteiger charge is -2.18. The second-order valence-corrected chi connectivity index (χ2v) is 3.98. The molecule has 0 fully saturated rings. The van der Waals surface area contributed by atoms with Gasteiger partial charge in [0.25, 0.3) is 0 Å². The molecular formula is C12H22O5. The molecule has 0 aliphatic heterocycles. The Morgan fingerprint density at radius 3 is 2.24 bits per heavy atom. The molecule has 0 heterocycles. The monoisotopic (exact) mass is 246 g/mol. The van der Waals surface area contributed by atoms with Crippen LogP contribution in [0.15, 0.2) is 0 Å². The molecule has 0 aromatic rings. The maximum atomic E-state index is 11.5. The molecule has 0 aromatic heterocycles. The van der Waals surface area contributed by atoms with Crippen molar-refractivity contribution in [3.63, 3.8) is 0 Å². The van der Waals surface area contributed by atoms with Crippen LogP contribution in [0.1, 0.15) is 52.9 Å². The van der Waals surface area contributed by atoms with Gasteiger partial charge in [0, 0.05) is 6.42 Å². The molecule has 0 aromatic carbocycles. The van der Waals surface area contributed by atoms with Gasteiger partial charge in [0.05, 0.1) is 12.0 Å². The third-order valence-corrected chi connectivity index (χ3v) is 2.46. The summed E-state index contributed by atoms with van der Waals surface area (Å²) in [6, 6.07) is 0. The Kier molecular flexibility index (Phi) is 8.40. The number of carbonyl (C=O) groups excluding carboxylic acids is 2. The van der Waals surface area contributed by atoms with E-state index in [1.54, 1.807) is 6.92 Å². The second kappa shape index (κ2) is 8.98. The average Bonchev–Trinajstić information content (AvgIpc) is 2.28. The van der Waals surface area contributed by atoms with Crippen LogP contribution in [0.3, 0.4) is 0 Å². The predicted molar refractivity (Wildman–Crippen MR) is 61.8 cm³/mol. The first kappa shape index (κ1) is 15.9. The highest BCUT2D eigenvalue weighted by molar-refractivity contribution is 5.74. The van der Waals surface area contributed by atoms with Crippen molar-refractivity contribution in [1.29, 1.82) is 0 Å². The quantitative estimate of drug-likeness (QED) is 0.549. The van der Waals surface area contributed by atoms with Crippen LogP contribution < -0.4 is 0 Å². The Labute approximate surface area is 102 Å². The molecule has 5 heteroatoms. The topological polar surface area (TPSA) is 72.8 Å². The molecule has 5 nitrogen and oxygen atoms in total. The van der Waals surface area contributed by atoms with Gasteiger partial charge in [-0.1, -0.05) is 27.2 Å². The highest BCUT2D eigenvalue weighted by Crippen LogP contribution is 2.15. The minimum absolute atomic E-state index is 0.210. The van der Waals surface area contributed by atoms with Crippen molar-refractivity contribution in [1.82, 2.24) is 0 Å². The van der Waals surface area contributed by atoms with E-state index in [1.165, 1.54) is 0 Å². The molecule has 0 radical (unpaired) electrons. The maximum absolute atomic E-state index is 11.5. The minimum atomic E-state index is -0.748. The van der Waals surface area contributed by atoms with Gasteiger partial charge in [0.2, 0.25) is 0 Å². The van der Waals surface area contributed by atoms with Crippen molar-refractivity contribution >= 4 is 11.9 Å². The molecule has 2 unspecified atom stereocenters. The van der Waals surface area contributed by atoms with Gasteiger partial charge in [-0.05, 0) is 19.3 Å². The summed E-state index contributed by atoms with van der Waals surface area (Å²) in [5.41, 5.74) is 0. The van der Waals surface area contributed by atoms with Gasteiger partial charge in [-0.25, -0.2) is 19.4 Å². The van der Waals surface area contributed by atoms with E-state index in [-0.39, 0.29) is 6.42 Å². The minimum Gasteiger partial charge on any atom is -0.392 e. The number of aliphatic hydroxyl groups excluding tert-OH is 1. The van der Waals surface area contributed by atoms with Crippen molar-refractivity contribution in [2.75, 3.05) is 0 Å². The van der Waals surface area contributed by atoms with Gasteiger partial charge in [-0.3, -0.25) is 0 Å². The van der Waals surface area contributed by atoms with E-state index in [2.05, 4.69) is 9.78 Å². The summed E-state index contributed by atoms with van der Waals surface area (Å²) >= 11 is 0. The normalized spacial score (nSPS) is 13.9. The third-order valence-electron chi connectivity index (χ3n) is 2.46. The summed E-state index contributed by atoms with van der Waals surface area (Å²) in [6.45, 7) is 5.52. The van der Waals surface area contributed by atoms with Gasteiger partial charge < -0.3 is 5.11 Å². The van der Waals surface area contributed by atoms with E-state index in [4.69, 9.17) is 0 Å². The number of hydrogen-bond donors (Lipinski definition) is 1. The van der Waals surface area contributed by atoms with Crippen LogP contribution in [-0.4, -0.2) is 23.1 Å². The number of aliphatic hydroxyl groups is 1. The van der Waals surface area contributed by atoms with Gasteiger partial charge in [-0.2, -0.15) is 0 Å². The summed E-state index contributed by atoms with van der Waals surface area (Å²) in [5, 5.41) is 9.71. The Balaban J connectivity index is 4.12. The van der Waals surface area contributed by atoms with E-state index in [1.807, 2.05) is 13.8 Å². The molecule has 0 saturated carbocycles. The zero-order valence-corrected chi connectivity index (χ0v) is 10.8. The van der Waals surface area contributed by atoms with Crippen molar-refractivity contribution in [2.24, 2.45) is 5.92 Å². The fourth-order valence-corrected chi connectivity index (χ4v) is 1.49. The highest BCUT2D eigenvalue weighted by atomic mass is 17.2. The lowest BCUT2D eigenvalue weighted by atomic mass is 9.96. The summed E-state index contributed by atoms with van der Waals surface area (Å²) in [5.74, 6) is -1.89. The van der Waals surface area contributed by atoms with E-state index in [0.717, 1.165) is 6.42 Å². The lowest BCUT2D eigenvalue weighted by molar-refractivity contribution is -0.264. The van der Waals surface area contributed by atoms with Crippen LogP contribution in [-0.2, 0) is 19.4 Å². The lowest BCUT2D eigenvalue weighted by Crippen LogP contribution is -2.30. The van der Waals surface area contributed by atoms with E-state index in [0.29, 0.717) is 19.3 Å². The van der Waals surface area contributed by atoms with Crippen LogP contribution in [0.4, 0.5) is 0 Å². The predicted octanol–water partition coefficient (Wildman–Crippen LogP) is 1.98. The molecule has 0 rings (SSSR count). The Bertz CT molecular complexity index is 239. The Morgan fingerprint density at radius 2 is 1.76 bits per heavy atom. The van der Waals surface area contributed by atoms with Gasteiger partial charge in [0.15, 0.2) is 0 Å². The Morgan fingerprint density at radius 1 is 1.12 bits per heavy atom. The summed E-state index contributed by atoms with van der Waals surface area (Å²) in [6.07, 6.45) is 1.85. The van der Waals surface area contributed by atoms with Crippen molar-refractivity contribution in [3.8, 4) is 0 Å². The van der Waals surface area contributed by atoms with Crippen LogP contribution >= 0.6 is 0 Å². The van der Waals surface area contributed by atoms with Gasteiger partial charge in [0.1, 0.15) is 0 Å². The van der Waals surface area contributed by atoms with Crippen molar-refractivity contribution in [2.45, 2.75) is 59.0 Å². The fraction of sp³-hybridized carbons (Fsp3) is 0.833.